The molecular weight excluding hydrogens is 514 g/mol. The van der Waals surface area contributed by atoms with Crippen LogP contribution in [-0.4, -0.2) is 35.8 Å². The molecule has 3 atom stereocenters. The van der Waals surface area contributed by atoms with Gasteiger partial charge in [0, 0.05) is 5.70 Å². The van der Waals surface area contributed by atoms with Crippen LogP contribution >= 0.6 is 0 Å². The highest BCUT2D eigenvalue weighted by Gasteiger charge is 2.49. The molecule has 0 aliphatic carbocycles. The molecule has 0 saturated carbocycles. The van der Waals surface area contributed by atoms with E-state index in [2.05, 4.69) is 6.58 Å². The molecule has 4 aromatic carbocycles. The summed E-state index contributed by atoms with van der Waals surface area (Å²) in [5.74, 6) is 0. The Kier molecular flexibility index (Phi) is 9.95. The van der Waals surface area contributed by atoms with Gasteiger partial charge in [0.2, 0.25) is 0 Å². The molecule has 1 amide bonds. The summed E-state index contributed by atoms with van der Waals surface area (Å²) in [7, 11) is 0. The van der Waals surface area contributed by atoms with Crippen LogP contribution in [0.5, 0.6) is 0 Å². The standard InChI is InChI=1S/C35H35NO5/c1-27-33(39-23-29-16-8-3-9-17-29)34(40-24-30-18-10-4-11-19-30)32(26-38-22-28-14-6-2-7-15-28)36(27)35(37)41-25-31-20-12-5-13-21-31/h2-21,32-34H,1,22-26H2/t32-,33-,34-/m1/s1. The van der Waals surface area contributed by atoms with Crippen molar-refractivity contribution in [3.8, 4) is 0 Å². The maximum Gasteiger partial charge on any atom is 0.414 e. The Balaban J connectivity index is 1.37. The molecule has 4 aromatic rings. The largest absolute Gasteiger partial charge is 0.444 e. The van der Waals surface area contributed by atoms with Gasteiger partial charge in [-0.3, -0.25) is 4.90 Å². The topological polar surface area (TPSA) is 57.2 Å². The van der Waals surface area contributed by atoms with Gasteiger partial charge in [0.25, 0.3) is 0 Å². The highest BCUT2D eigenvalue weighted by molar-refractivity contribution is 5.72. The fourth-order valence-corrected chi connectivity index (χ4v) is 4.89. The SMILES string of the molecule is C=C1[C@@H](OCc2ccccc2)[C@H](OCc2ccccc2)[C@@H](COCc2ccccc2)N1C(=O)OCc1ccccc1. The fourth-order valence-electron chi connectivity index (χ4n) is 4.89. The number of benzene rings is 4. The number of rotatable bonds is 12. The lowest BCUT2D eigenvalue weighted by molar-refractivity contribution is -0.0784. The normalized spacial score (nSPS) is 18.4. The van der Waals surface area contributed by atoms with E-state index in [-0.39, 0.29) is 13.2 Å². The predicted molar refractivity (Wildman–Crippen MR) is 158 cm³/mol. The number of carbonyl (C=O) groups is 1. The van der Waals surface area contributed by atoms with Crippen molar-refractivity contribution >= 4 is 6.09 Å². The number of amides is 1. The van der Waals surface area contributed by atoms with E-state index >= 15 is 0 Å². The second-order valence-electron chi connectivity index (χ2n) is 9.95. The first-order valence-electron chi connectivity index (χ1n) is 13.8. The third kappa shape index (κ3) is 7.70. The van der Waals surface area contributed by atoms with Crippen LogP contribution in [0.1, 0.15) is 22.3 Å². The number of hydrogen-bond acceptors (Lipinski definition) is 5. The molecule has 0 aromatic heterocycles. The molecule has 1 heterocycles. The van der Waals surface area contributed by atoms with E-state index in [0.717, 1.165) is 22.3 Å². The predicted octanol–water partition coefficient (Wildman–Crippen LogP) is 6.91. The summed E-state index contributed by atoms with van der Waals surface area (Å²) in [5.41, 5.74) is 4.47. The third-order valence-electron chi connectivity index (χ3n) is 7.01. The monoisotopic (exact) mass is 549 g/mol. The van der Waals surface area contributed by atoms with Crippen molar-refractivity contribution in [1.29, 1.82) is 0 Å². The van der Waals surface area contributed by atoms with E-state index in [1.807, 2.05) is 121 Å². The number of hydrogen-bond donors (Lipinski definition) is 0. The lowest BCUT2D eigenvalue weighted by Gasteiger charge is -2.27. The summed E-state index contributed by atoms with van der Waals surface area (Å²) in [6.45, 7) is 5.76. The van der Waals surface area contributed by atoms with E-state index in [9.17, 15) is 4.79 Å². The second-order valence-corrected chi connectivity index (χ2v) is 9.95. The van der Waals surface area contributed by atoms with E-state index in [1.54, 1.807) is 4.90 Å². The molecule has 0 unspecified atom stereocenters. The number of likely N-dealkylation sites (tertiary alicyclic amines) is 1. The van der Waals surface area contributed by atoms with Crippen molar-refractivity contribution in [1.82, 2.24) is 4.90 Å². The lowest BCUT2D eigenvalue weighted by atomic mass is 10.1. The van der Waals surface area contributed by atoms with Gasteiger partial charge < -0.3 is 18.9 Å². The Morgan fingerprint density at radius 1 is 0.610 bits per heavy atom. The summed E-state index contributed by atoms with van der Waals surface area (Å²) in [6.07, 6.45) is -1.61. The van der Waals surface area contributed by atoms with Gasteiger partial charge in [-0.05, 0) is 22.3 Å². The lowest BCUT2D eigenvalue weighted by Crippen LogP contribution is -2.44. The van der Waals surface area contributed by atoms with Gasteiger partial charge in [-0.25, -0.2) is 4.79 Å². The first kappa shape index (κ1) is 28.3. The maximum absolute atomic E-state index is 13.6. The van der Waals surface area contributed by atoms with E-state index in [4.69, 9.17) is 18.9 Å². The molecular formula is C35H35NO5. The molecule has 1 aliphatic rings. The molecule has 5 rings (SSSR count). The van der Waals surface area contributed by atoms with Crippen molar-refractivity contribution in [3.05, 3.63) is 156 Å². The fraction of sp³-hybridized carbons (Fsp3) is 0.229. The Morgan fingerprint density at radius 3 is 1.56 bits per heavy atom. The van der Waals surface area contributed by atoms with Gasteiger partial charge in [0.1, 0.15) is 18.8 Å². The number of carbonyl (C=O) groups excluding carboxylic acids is 1. The Morgan fingerprint density at radius 2 is 1.05 bits per heavy atom. The van der Waals surface area contributed by atoms with Crippen molar-refractivity contribution in [2.75, 3.05) is 6.61 Å². The van der Waals surface area contributed by atoms with Crippen molar-refractivity contribution in [2.45, 2.75) is 44.7 Å². The first-order chi connectivity index (χ1) is 20.2. The molecule has 0 N–H and O–H groups in total. The summed E-state index contributed by atoms with van der Waals surface area (Å²) in [6, 6.07) is 38.9. The molecule has 0 spiro atoms. The van der Waals surface area contributed by atoms with Crippen LogP contribution in [-0.2, 0) is 45.4 Å². The molecule has 1 saturated heterocycles. The zero-order valence-corrected chi connectivity index (χ0v) is 23.0. The molecule has 6 nitrogen and oxygen atoms in total. The van der Waals surface area contributed by atoms with Crippen LogP contribution in [0, 0.1) is 0 Å². The van der Waals surface area contributed by atoms with Crippen molar-refractivity contribution < 1.29 is 23.7 Å². The van der Waals surface area contributed by atoms with Crippen LogP contribution in [0.25, 0.3) is 0 Å². The van der Waals surface area contributed by atoms with Gasteiger partial charge in [-0.2, -0.15) is 0 Å². The highest BCUT2D eigenvalue weighted by atomic mass is 16.6. The van der Waals surface area contributed by atoms with Crippen LogP contribution in [0.2, 0.25) is 0 Å². The number of nitrogens with zero attached hydrogens (tertiary/aromatic N) is 1. The minimum absolute atomic E-state index is 0.145. The smallest absolute Gasteiger partial charge is 0.414 e. The molecule has 210 valence electrons. The minimum Gasteiger partial charge on any atom is -0.444 e. The molecule has 41 heavy (non-hydrogen) atoms. The minimum atomic E-state index is -0.575. The summed E-state index contributed by atoms with van der Waals surface area (Å²) < 4.78 is 24.8. The van der Waals surface area contributed by atoms with Gasteiger partial charge in [-0.15, -0.1) is 0 Å². The van der Waals surface area contributed by atoms with E-state index in [0.29, 0.717) is 25.5 Å². The summed E-state index contributed by atoms with van der Waals surface area (Å²) in [4.78, 5) is 15.1. The molecule has 1 fully saturated rings. The Hall–Kier alpha value is -4.23. The quantitative estimate of drug-likeness (QED) is 0.192. The zero-order valence-electron chi connectivity index (χ0n) is 23.0. The number of ether oxygens (including phenoxy) is 4. The highest BCUT2D eigenvalue weighted by Crippen LogP contribution is 2.34. The maximum atomic E-state index is 13.6. The van der Waals surface area contributed by atoms with Crippen molar-refractivity contribution in [3.63, 3.8) is 0 Å². The Labute approximate surface area is 241 Å². The molecule has 0 bridgehead atoms. The van der Waals surface area contributed by atoms with Gasteiger partial charge in [-0.1, -0.05) is 128 Å². The zero-order chi connectivity index (χ0) is 28.3. The second kappa shape index (κ2) is 14.4. The summed E-state index contributed by atoms with van der Waals surface area (Å²) in [5, 5.41) is 0. The van der Waals surface area contributed by atoms with Gasteiger partial charge in [0.15, 0.2) is 0 Å². The van der Waals surface area contributed by atoms with Crippen LogP contribution in [0.3, 0.4) is 0 Å². The van der Waals surface area contributed by atoms with Crippen LogP contribution in [0.15, 0.2) is 134 Å². The molecule has 6 heteroatoms. The van der Waals surface area contributed by atoms with Gasteiger partial charge >= 0.3 is 6.09 Å². The Bertz CT molecular complexity index is 1370. The van der Waals surface area contributed by atoms with Crippen LogP contribution in [0.4, 0.5) is 4.79 Å². The van der Waals surface area contributed by atoms with Crippen LogP contribution < -0.4 is 0 Å². The summed E-state index contributed by atoms with van der Waals surface area (Å²) >= 11 is 0. The third-order valence-corrected chi connectivity index (χ3v) is 7.01. The average Bonchev–Trinajstić information content (AvgIpc) is 3.29. The van der Waals surface area contributed by atoms with Crippen molar-refractivity contribution in [2.24, 2.45) is 0 Å². The van der Waals surface area contributed by atoms with E-state index < -0.39 is 24.3 Å². The molecule has 1 aliphatic heterocycles. The average molecular weight is 550 g/mol. The first-order valence-corrected chi connectivity index (χ1v) is 13.8. The van der Waals surface area contributed by atoms with E-state index in [1.165, 1.54) is 0 Å². The molecule has 0 radical (unpaired) electrons. The van der Waals surface area contributed by atoms with Gasteiger partial charge in [0.05, 0.1) is 32.5 Å².